The lowest BCUT2D eigenvalue weighted by Gasteiger charge is -2.09. The zero-order chi connectivity index (χ0) is 17.9. The largest absolute Gasteiger partial charge is 0.502 e. The third kappa shape index (κ3) is 2.91. The summed E-state index contributed by atoms with van der Waals surface area (Å²) in [5.41, 5.74) is 2.81. The van der Waals surface area contributed by atoms with Gasteiger partial charge >= 0.3 is 0 Å². The minimum atomic E-state index is -0.432. The van der Waals surface area contributed by atoms with E-state index in [2.05, 4.69) is 0 Å². The number of aromatic hydroxyl groups is 1. The summed E-state index contributed by atoms with van der Waals surface area (Å²) in [7, 11) is 0. The van der Waals surface area contributed by atoms with E-state index in [9.17, 15) is 9.90 Å². The van der Waals surface area contributed by atoms with E-state index in [1.54, 1.807) is 30.3 Å². The van der Waals surface area contributed by atoms with Crippen LogP contribution in [0.5, 0.6) is 5.75 Å². The van der Waals surface area contributed by atoms with Gasteiger partial charge in [0.25, 0.3) is 0 Å². The maximum Gasteiger partial charge on any atom is 0.235 e. The third-order valence-corrected chi connectivity index (χ3v) is 4.25. The monoisotopic (exact) mass is 340 g/mol. The van der Waals surface area contributed by atoms with E-state index in [0.29, 0.717) is 11.0 Å². The van der Waals surface area contributed by atoms with Gasteiger partial charge in [-0.3, -0.25) is 4.79 Å². The van der Waals surface area contributed by atoms with Crippen molar-refractivity contribution in [3.63, 3.8) is 0 Å². The molecule has 1 heterocycles. The van der Waals surface area contributed by atoms with Crippen LogP contribution in [0.3, 0.4) is 0 Å². The maximum atomic E-state index is 12.5. The predicted molar refractivity (Wildman–Crippen MR) is 104 cm³/mol. The highest BCUT2D eigenvalue weighted by atomic mass is 16.4. The number of hydrogen-bond donors (Lipinski definition) is 1. The first-order chi connectivity index (χ1) is 12.7. The fraction of sp³-hybridized carbons (Fsp3) is 0. The molecule has 1 N–H and O–H groups in total. The van der Waals surface area contributed by atoms with Crippen LogP contribution in [-0.2, 0) is 0 Å². The number of rotatable bonds is 3. The summed E-state index contributed by atoms with van der Waals surface area (Å²) in [6.07, 6.45) is 1.72. The molecule has 0 saturated carbocycles. The Hall–Kier alpha value is -3.59. The molecule has 0 radical (unpaired) electrons. The number of hydrogen-bond acceptors (Lipinski definition) is 3. The van der Waals surface area contributed by atoms with Gasteiger partial charge in [-0.05, 0) is 34.9 Å². The standard InChI is InChI=1S/C23H16O3/c24-22-18-13-7-8-14-20(18)26-21(23(22)25)15-19(16-9-3-1-4-10-16)17-11-5-2-6-12-17/h1-15,25H. The van der Waals surface area contributed by atoms with Gasteiger partial charge in [0.15, 0.2) is 5.76 Å². The van der Waals surface area contributed by atoms with Crippen molar-refractivity contribution in [1.82, 2.24) is 0 Å². The van der Waals surface area contributed by atoms with E-state index in [4.69, 9.17) is 4.42 Å². The number of fused-ring (bicyclic) bond motifs is 1. The van der Waals surface area contributed by atoms with Gasteiger partial charge in [-0.15, -0.1) is 0 Å². The van der Waals surface area contributed by atoms with Crippen LogP contribution in [0.15, 0.2) is 94.1 Å². The van der Waals surface area contributed by atoms with Crippen LogP contribution in [0, 0.1) is 0 Å². The molecule has 0 atom stereocenters. The highest BCUT2D eigenvalue weighted by molar-refractivity contribution is 5.92. The van der Waals surface area contributed by atoms with E-state index >= 15 is 0 Å². The molecule has 3 nitrogen and oxygen atoms in total. The quantitative estimate of drug-likeness (QED) is 0.565. The Kier molecular flexibility index (Phi) is 4.12. The number of benzene rings is 3. The lowest BCUT2D eigenvalue weighted by Crippen LogP contribution is -2.02. The molecule has 0 amide bonds. The van der Waals surface area contributed by atoms with E-state index < -0.39 is 5.43 Å². The van der Waals surface area contributed by atoms with Crippen molar-refractivity contribution in [2.24, 2.45) is 0 Å². The average molecular weight is 340 g/mol. The van der Waals surface area contributed by atoms with Crippen molar-refractivity contribution >= 4 is 22.6 Å². The smallest absolute Gasteiger partial charge is 0.235 e. The second-order valence-electron chi connectivity index (χ2n) is 5.93. The highest BCUT2D eigenvalue weighted by Crippen LogP contribution is 2.29. The highest BCUT2D eigenvalue weighted by Gasteiger charge is 2.13. The van der Waals surface area contributed by atoms with Crippen LogP contribution in [0.2, 0.25) is 0 Å². The van der Waals surface area contributed by atoms with Gasteiger partial charge in [0.2, 0.25) is 11.2 Å². The van der Waals surface area contributed by atoms with Crippen LogP contribution in [0.4, 0.5) is 0 Å². The molecule has 0 fully saturated rings. The first-order valence-electron chi connectivity index (χ1n) is 8.31. The zero-order valence-corrected chi connectivity index (χ0v) is 13.9. The summed E-state index contributed by atoms with van der Waals surface area (Å²) in [6.45, 7) is 0. The van der Waals surface area contributed by atoms with Crippen LogP contribution in [-0.4, -0.2) is 5.11 Å². The molecule has 0 aliphatic rings. The lowest BCUT2D eigenvalue weighted by atomic mass is 9.97. The number of para-hydroxylation sites is 1. The topological polar surface area (TPSA) is 50.4 Å². The Morgan fingerprint density at radius 3 is 1.92 bits per heavy atom. The molecule has 3 aromatic carbocycles. The van der Waals surface area contributed by atoms with Crippen molar-refractivity contribution in [3.05, 3.63) is 112 Å². The first-order valence-corrected chi connectivity index (χ1v) is 8.31. The summed E-state index contributed by atoms with van der Waals surface area (Å²) < 4.78 is 5.82. The maximum absolute atomic E-state index is 12.5. The Morgan fingerprint density at radius 1 is 0.769 bits per heavy atom. The Bertz CT molecular complexity index is 1100. The second-order valence-corrected chi connectivity index (χ2v) is 5.93. The molecular formula is C23H16O3. The van der Waals surface area contributed by atoms with Crippen molar-refractivity contribution in [2.45, 2.75) is 0 Å². The van der Waals surface area contributed by atoms with E-state index in [1.165, 1.54) is 0 Å². The molecule has 0 saturated heterocycles. The molecule has 0 spiro atoms. The SMILES string of the molecule is O=c1c(O)c(C=C(c2ccccc2)c2ccccc2)oc2ccccc12. The van der Waals surface area contributed by atoms with E-state index in [1.807, 2.05) is 60.7 Å². The van der Waals surface area contributed by atoms with E-state index in [-0.39, 0.29) is 11.5 Å². The molecule has 0 aliphatic carbocycles. The molecule has 3 heteroatoms. The van der Waals surface area contributed by atoms with E-state index in [0.717, 1.165) is 16.7 Å². The van der Waals surface area contributed by atoms with Gasteiger partial charge in [-0.25, -0.2) is 0 Å². The average Bonchev–Trinajstić information content (AvgIpc) is 2.71. The van der Waals surface area contributed by atoms with Crippen molar-refractivity contribution < 1.29 is 9.52 Å². The van der Waals surface area contributed by atoms with Gasteiger partial charge in [0.1, 0.15) is 5.58 Å². The van der Waals surface area contributed by atoms with Gasteiger partial charge in [-0.1, -0.05) is 72.8 Å². The van der Waals surface area contributed by atoms with Crippen LogP contribution < -0.4 is 5.43 Å². The van der Waals surface area contributed by atoms with Crippen LogP contribution >= 0.6 is 0 Å². The molecule has 26 heavy (non-hydrogen) atoms. The lowest BCUT2D eigenvalue weighted by molar-refractivity contribution is 0.438. The van der Waals surface area contributed by atoms with Crippen molar-refractivity contribution in [1.29, 1.82) is 0 Å². The summed E-state index contributed by atoms with van der Waals surface area (Å²) in [4.78, 5) is 12.5. The summed E-state index contributed by atoms with van der Waals surface area (Å²) in [5.74, 6) is -0.232. The normalized spacial score (nSPS) is 10.6. The van der Waals surface area contributed by atoms with Gasteiger partial charge in [-0.2, -0.15) is 0 Å². The fourth-order valence-corrected chi connectivity index (χ4v) is 2.95. The molecule has 126 valence electrons. The Labute approximate surface area is 150 Å². The molecule has 0 aliphatic heterocycles. The van der Waals surface area contributed by atoms with Gasteiger partial charge < -0.3 is 9.52 Å². The predicted octanol–water partition coefficient (Wildman–Crippen LogP) is 5.09. The second kappa shape index (κ2) is 6.73. The van der Waals surface area contributed by atoms with Gasteiger partial charge in [0, 0.05) is 0 Å². The molecule has 4 aromatic rings. The summed E-state index contributed by atoms with van der Waals surface area (Å²) in [6, 6.07) is 26.5. The molecular weight excluding hydrogens is 324 g/mol. The van der Waals surface area contributed by atoms with Crippen LogP contribution in [0.25, 0.3) is 22.6 Å². The van der Waals surface area contributed by atoms with Crippen molar-refractivity contribution in [2.75, 3.05) is 0 Å². The third-order valence-electron chi connectivity index (χ3n) is 4.25. The Morgan fingerprint density at radius 2 is 1.31 bits per heavy atom. The molecule has 4 rings (SSSR count). The minimum absolute atomic E-state index is 0.149. The Balaban J connectivity index is 1.98. The molecule has 1 aromatic heterocycles. The van der Waals surface area contributed by atoms with Crippen LogP contribution in [0.1, 0.15) is 16.9 Å². The summed E-state index contributed by atoms with van der Waals surface area (Å²) >= 11 is 0. The van der Waals surface area contributed by atoms with Crippen molar-refractivity contribution in [3.8, 4) is 5.75 Å². The summed E-state index contributed by atoms with van der Waals surface area (Å²) in [5, 5.41) is 10.8. The fourth-order valence-electron chi connectivity index (χ4n) is 2.95. The molecule has 0 unspecified atom stereocenters. The van der Waals surface area contributed by atoms with Gasteiger partial charge in [0.05, 0.1) is 5.39 Å². The minimum Gasteiger partial charge on any atom is -0.502 e. The molecule has 0 bridgehead atoms. The first kappa shape index (κ1) is 15.9. The zero-order valence-electron chi connectivity index (χ0n) is 13.9.